The van der Waals surface area contributed by atoms with E-state index in [0.29, 0.717) is 23.5 Å². The number of hydrogen-bond donors (Lipinski definition) is 2. The maximum Gasteiger partial charge on any atom is 0.272 e. The summed E-state index contributed by atoms with van der Waals surface area (Å²) < 4.78 is 1.41. The van der Waals surface area contributed by atoms with Crippen molar-refractivity contribution >= 4 is 11.6 Å². The van der Waals surface area contributed by atoms with Gasteiger partial charge in [0.1, 0.15) is 5.69 Å². The normalized spacial score (nSPS) is 12.0. The van der Waals surface area contributed by atoms with E-state index in [1.54, 1.807) is 24.4 Å². The van der Waals surface area contributed by atoms with Gasteiger partial charge in [-0.05, 0) is 24.6 Å². The van der Waals surface area contributed by atoms with E-state index in [4.69, 9.17) is 0 Å². The predicted molar refractivity (Wildman–Crippen MR) is 105 cm³/mol. The van der Waals surface area contributed by atoms with Gasteiger partial charge in [-0.3, -0.25) is 19.7 Å². The first-order chi connectivity index (χ1) is 13.6. The highest BCUT2D eigenvalue weighted by Crippen LogP contribution is 2.18. The smallest absolute Gasteiger partial charge is 0.272 e. The van der Waals surface area contributed by atoms with Gasteiger partial charge in [-0.2, -0.15) is 0 Å². The van der Waals surface area contributed by atoms with Crippen molar-refractivity contribution in [1.82, 2.24) is 24.9 Å². The minimum atomic E-state index is -0.343. The van der Waals surface area contributed by atoms with Crippen molar-refractivity contribution in [2.24, 2.45) is 0 Å². The van der Waals surface area contributed by atoms with E-state index in [2.05, 4.69) is 20.4 Å². The number of fused-ring (bicyclic) bond motifs is 1. The topological polar surface area (TPSA) is 92.2 Å². The van der Waals surface area contributed by atoms with Crippen molar-refractivity contribution < 1.29 is 4.79 Å². The average Bonchev–Trinajstić information content (AvgIpc) is 3.09. The van der Waals surface area contributed by atoms with Crippen LogP contribution in [0.15, 0.2) is 71.7 Å². The molecule has 2 N–H and O–H groups in total. The van der Waals surface area contributed by atoms with Gasteiger partial charge in [-0.1, -0.05) is 36.4 Å². The van der Waals surface area contributed by atoms with Gasteiger partial charge in [0.25, 0.3) is 11.5 Å². The van der Waals surface area contributed by atoms with Crippen molar-refractivity contribution in [1.29, 1.82) is 0 Å². The molecule has 0 bridgehead atoms. The summed E-state index contributed by atoms with van der Waals surface area (Å²) in [5.41, 5.74) is 3.11. The summed E-state index contributed by atoms with van der Waals surface area (Å²) in [7, 11) is 0. The minimum Gasteiger partial charge on any atom is -0.344 e. The van der Waals surface area contributed by atoms with Crippen molar-refractivity contribution in [3.8, 4) is 0 Å². The number of nitrogens with one attached hydrogen (secondary N) is 2. The van der Waals surface area contributed by atoms with Gasteiger partial charge in [-0.25, -0.2) is 9.50 Å². The summed E-state index contributed by atoms with van der Waals surface area (Å²) in [6.45, 7) is 1.87. The Bertz CT molecular complexity index is 1170. The number of carbonyl (C=O) groups excluding carboxylic acids is 1. The lowest BCUT2D eigenvalue weighted by molar-refractivity contribution is 0.0931. The summed E-state index contributed by atoms with van der Waals surface area (Å²) in [6, 6.07) is 17.8. The van der Waals surface area contributed by atoms with Crippen LogP contribution in [-0.2, 0) is 6.42 Å². The highest BCUT2D eigenvalue weighted by atomic mass is 16.2. The molecule has 4 aromatic rings. The fourth-order valence-electron chi connectivity index (χ4n) is 3.14. The predicted octanol–water partition coefficient (Wildman–Crippen LogP) is 2.44. The summed E-state index contributed by atoms with van der Waals surface area (Å²) in [5, 5.41) is 5.97. The SMILES string of the molecule is Cc1cc2nc(C[C@H](NC(=O)c3ccccn3)c3ccccc3)cc(=O)n2[nH]1. The van der Waals surface area contributed by atoms with E-state index in [9.17, 15) is 9.59 Å². The molecule has 3 heterocycles. The van der Waals surface area contributed by atoms with Gasteiger partial charge in [0.2, 0.25) is 0 Å². The van der Waals surface area contributed by atoms with Crippen LogP contribution in [0.3, 0.4) is 0 Å². The lowest BCUT2D eigenvalue weighted by atomic mass is 10.0. The van der Waals surface area contributed by atoms with Crippen LogP contribution in [0, 0.1) is 6.92 Å². The molecule has 0 saturated heterocycles. The van der Waals surface area contributed by atoms with Gasteiger partial charge in [0.05, 0.1) is 11.7 Å². The van der Waals surface area contributed by atoms with E-state index in [-0.39, 0.29) is 17.5 Å². The lowest BCUT2D eigenvalue weighted by Crippen LogP contribution is -2.31. The molecule has 1 atom stereocenters. The van der Waals surface area contributed by atoms with Crippen molar-refractivity contribution in [3.63, 3.8) is 0 Å². The Morgan fingerprint density at radius 3 is 2.68 bits per heavy atom. The molecule has 0 unspecified atom stereocenters. The number of amides is 1. The van der Waals surface area contributed by atoms with Gasteiger partial charge in [0.15, 0.2) is 5.65 Å². The summed E-state index contributed by atoms with van der Waals surface area (Å²) in [6.07, 6.45) is 1.97. The third-order valence-electron chi connectivity index (χ3n) is 4.45. The number of pyridine rings is 1. The quantitative estimate of drug-likeness (QED) is 0.562. The number of nitrogens with zero attached hydrogens (tertiary/aromatic N) is 3. The molecule has 1 aromatic carbocycles. The lowest BCUT2D eigenvalue weighted by Gasteiger charge is -2.19. The molecule has 3 aromatic heterocycles. The molecule has 7 nitrogen and oxygen atoms in total. The van der Waals surface area contributed by atoms with Crippen LogP contribution in [0.5, 0.6) is 0 Å². The highest BCUT2D eigenvalue weighted by molar-refractivity contribution is 5.92. The van der Waals surface area contributed by atoms with E-state index >= 15 is 0 Å². The van der Waals surface area contributed by atoms with Gasteiger partial charge in [0, 0.05) is 30.4 Å². The molecule has 0 aliphatic rings. The molecule has 0 radical (unpaired) electrons. The molecular weight excluding hydrogens is 354 g/mol. The number of aromatic nitrogens is 4. The van der Waals surface area contributed by atoms with E-state index in [1.807, 2.05) is 43.3 Å². The van der Waals surface area contributed by atoms with Crippen molar-refractivity contribution in [2.45, 2.75) is 19.4 Å². The number of hydrogen-bond acceptors (Lipinski definition) is 4. The van der Waals surface area contributed by atoms with Gasteiger partial charge in [-0.15, -0.1) is 0 Å². The second kappa shape index (κ2) is 7.48. The summed E-state index contributed by atoms with van der Waals surface area (Å²) in [5.74, 6) is -0.273. The van der Waals surface area contributed by atoms with Crippen LogP contribution >= 0.6 is 0 Å². The van der Waals surface area contributed by atoms with E-state index in [1.165, 1.54) is 10.6 Å². The van der Waals surface area contributed by atoms with Crippen LogP contribution in [0.2, 0.25) is 0 Å². The monoisotopic (exact) mass is 373 g/mol. The number of aromatic amines is 1. The first kappa shape index (κ1) is 17.7. The van der Waals surface area contributed by atoms with Gasteiger partial charge >= 0.3 is 0 Å². The zero-order chi connectivity index (χ0) is 19.5. The van der Waals surface area contributed by atoms with E-state index < -0.39 is 0 Å². The minimum absolute atomic E-state index is 0.184. The van der Waals surface area contributed by atoms with Crippen LogP contribution in [-0.4, -0.2) is 25.5 Å². The number of benzene rings is 1. The second-order valence-corrected chi connectivity index (χ2v) is 6.57. The molecule has 0 saturated carbocycles. The van der Waals surface area contributed by atoms with Crippen molar-refractivity contribution in [2.75, 3.05) is 0 Å². The summed E-state index contributed by atoms with van der Waals surface area (Å²) >= 11 is 0. The maximum absolute atomic E-state index is 12.6. The zero-order valence-corrected chi connectivity index (χ0v) is 15.3. The molecule has 4 rings (SSSR count). The first-order valence-electron chi connectivity index (χ1n) is 8.95. The van der Waals surface area contributed by atoms with Crippen LogP contribution in [0.4, 0.5) is 0 Å². The fourth-order valence-corrected chi connectivity index (χ4v) is 3.14. The molecular formula is C21H19N5O2. The summed E-state index contributed by atoms with van der Waals surface area (Å²) in [4.78, 5) is 33.7. The number of H-pyrrole nitrogens is 1. The van der Waals surface area contributed by atoms with Crippen LogP contribution < -0.4 is 10.9 Å². The Morgan fingerprint density at radius 2 is 1.93 bits per heavy atom. The van der Waals surface area contributed by atoms with Gasteiger partial charge < -0.3 is 5.32 Å². The third-order valence-corrected chi connectivity index (χ3v) is 4.45. The Morgan fingerprint density at radius 1 is 1.14 bits per heavy atom. The Hall–Kier alpha value is -3.74. The Labute approximate surface area is 161 Å². The molecule has 28 heavy (non-hydrogen) atoms. The Kier molecular flexibility index (Phi) is 4.72. The highest BCUT2D eigenvalue weighted by Gasteiger charge is 2.18. The fraction of sp³-hybridized carbons (Fsp3) is 0.143. The molecule has 0 spiro atoms. The molecule has 1 amide bonds. The molecule has 140 valence electrons. The first-order valence-corrected chi connectivity index (χ1v) is 8.95. The molecule has 0 fully saturated rings. The largest absolute Gasteiger partial charge is 0.344 e. The van der Waals surface area contributed by atoms with E-state index in [0.717, 1.165) is 11.3 Å². The third kappa shape index (κ3) is 3.68. The number of rotatable bonds is 5. The number of carbonyl (C=O) groups is 1. The van der Waals surface area contributed by atoms with Crippen LogP contribution in [0.25, 0.3) is 5.65 Å². The number of aryl methyl sites for hydroxylation is 1. The van der Waals surface area contributed by atoms with Crippen molar-refractivity contribution in [3.05, 3.63) is 99.9 Å². The molecule has 0 aliphatic heterocycles. The average molecular weight is 373 g/mol. The standard InChI is InChI=1S/C21H19N5O2/c1-14-11-19-23-16(13-20(27)26(19)25-14)12-18(15-7-3-2-4-8-15)24-21(28)17-9-5-6-10-22-17/h2-11,13,18,25H,12H2,1H3,(H,24,28)/t18-/m0/s1. The Balaban J connectivity index is 1.66. The zero-order valence-electron chi connectivity index (χ0n) is 15.3. The van der Waals surface area contributed by atoms with Crippen LogP contribution in [0.1, 0.15) is 33.5 Å². The molecule has 7 heteroatoms. The maximum atomic E-state index is 12.6. The second-order valence-electron chi connectivity index (χ2n) is 6.57. The molecule has 0 aliphatic carbocycles.